The third-order valence-corrected chi connectivity index (χ3v) is 2.29. The molecule has 3 heteroatoms. The zero-order valence-corrected chi connectivity index (χ0v) is 9.05. The Labute approximate surface area is 94.5 Å². The Balaban J connectivity index is 2.32. The summed E-state index contributed by atoms with van der Waals surface area (Å²) in [6.45, 7) is 2.61. The van der Waals surface area contributed by atoms with Gasteiger partial charge in [0.2, 0.25) is 0 Å². The van der Waals surface area contributed by atoms with Crippen molar-refractivity contribution in [3.05, 3.63) is 48.3 Å². The Morgan fingerprint density at radius 1 is 1.25 bits per heavy atom. The van der Waals surface area contributed by atoms with Crippen LogP contribution in [0.3, 0.4) is 0 Å². The van der Waals surface area contributed by atoms with Gasteiger partial charge in [-0.1, -0.05) is 0 Å². The first kappa shape index (κ1) is 10.3. The lowest BCUT2D eigenvalue weighted by Gasteiger charge is -2.06. The number of nitriles is 1. The van der Waals surface area contributed by atoms with Gasteiger partial charge in [0.25, 0.3) is 0 Å². The highest BCUT2D eigenvalue weighted by atomic mass is 16.5. The van der Waals surface area contributed by atoms with Crippen molar-refractivity contribution < 1.29 is 4.74 Å². The summed E-state index contributed by atoms with van der Waals surface area (Å²) in [6, 6.07) is 13.5. The molecular weight excluding hydrogens is 200 g/mol. The average Bonchev–Trinajstić information content (AvgIpc) is 2.78. The number of hydrogen-bond acceptors (Lipinski definition) is 2. The van der Waals surface area contributed by atoms with Crippen LogP contribution in [0.25, 0.3) is 5.69 Å². The number of ether oxygens (including phenoxy) is 1. The van der Waals surface area contributed by atoms with Gasteiger partial charge < -0.3 is 9.30 Å². The molecule has 0 amide bonds. The molecule has 0 saturated carbocycles. The van der Waals surface area contributed by atoms with Crippen LogP contribution in [-0.4, -0.2) is 11.2 Å². The summed E-state index contributed by atoms with van der Waals surface area (Å²) < 4.78 is 7.20. The van der Waals surface area contributed by atoms with E-state index in [1.54, 1.807) is 6.07 Å². The predicted octanol–water partition coefficient (Wildman–Crippen LogP) is 2.75. The lowest BCUT2D eigenvalue weighted by molar-refractivity contribution is 0.340. The van der Waals surface area contributed by atoms with Crippen LogP contribution in [0.4, 0.5) is 0 Å². The Hall–Kier alpha value is -2.21. The first-order valence-electron chi connectivity index (χ1n) is 5.16. The zero-order valence-electron chi connectivity index (χ0n) is 9.05. The van der Waals surface area contributed by atoms with E-state index in [-0.39, 0.29) is 0 Å². The van der Waals surface area contributed by atoms with Crippen LogP contribution >= 0.6 is 0 Å². The first-order chi connectivity index (χ1) is 7.85. The van der Waals surface area contributed by atoms with Crippen LogP contribution in [-0.2, 0) is 0 Å². The largest absolute Gasteiger partial charge is 0.494 e. The molecule has 1 heterocycles. The van der Waals surface area contributed by atoms with E-state index in [9.17, 15) is 0 Å². The van der Waals surface area contributed by atoms with Gasteiger partial charge in [-0.15, -0.1) is 0 Å². The molecule has 0 N–H and O–H groups in total. The van der Waals surface area contributed by atoms with E-state index in [1.807, 2.05) is 48.0 Å². The molecule has 0 radical (unpaired) electrons. The molecule has 0 spiro atoms. The van der Waals surface area contributed by atoms with Crippen molar-refractivity contribution in [1.29, 1.82) is 5.26 Å². The second kappa shape index (κ2) is 4.54. The van der Waals surface area contributed by atoms with Crippen molar-refractivity contribution in [2.24, 2.45) is 0 Å². The molecule has 0 aliphatic carbocycles. The molecule has 0 unspecified atom stereocenters. The van der Waals surface area contributed by atoms with Gasteiger partial charge in [-0.05, 0) is 43.3 Å². The smallest absolute Gasteiger partial charge is 0.124 e. The SMILES string of the molecule is CCOc1ccc(-n2cccc2C#N)cc1. The van der Waals surface area contributed by atoms with Gasteiger partial charge in [-0.25, -0.2) is 0 Å². The maximum atomic E-state index is 8.91. The van der Waals surface area contributed by atoms with Crippen LogP contribution in [0, 0.1) is 11.3 Å². The van der Waals surface area contributed by atoms with Gasteiger partial charge in [0.05, 0.1) is 6.61 Å². The van der Waals surface area contributed by atoms with E-state index in [0.29, 0.717) is 12.3 Å². The maximum absolute atomic E-state index is 8.91. The fraction of sp³-hybridized carbons (Fsp3) is 0.154. The third-order valence-electron chi connectivity index (χ3n) is 2.29. The number of rotatable bonds is 3. The molecule has 3 nitrogen and oxygen atoms in total. The van der Waals surface area contributed by atoms with Gasteiger partial charge >= 0.3 is 0 Å². The monoisotopic (exact) mass is 212 g/mol. The summed E-state index contributed by atoms with van der Waals surface area (Å²) in [4.78, 5) is 0. The summed E-state index contributed by atoms with van der Waals surface area (Å²) in [7, 11) is 0. The Kier molecular flexibility index (Phi) is 2.93. The van der Waals surface area contributed by atoms with Crippen molar-refractivity contribution in [2.75, 3.05) is 6.61 Å². The number of hydrogen-bond donors (Lipinski definition) is 0. The molecule has 80 valence electrons. The van der Waals surface area contributed by atoms with E-state index in [1.165, 1.54) is 0 Å². The highest BCUT2D eigenvalue weighted by Gasteiger charge is 2.01. The molecule has 16 heavy (non-hydrogen) atoms. The second-order valence-corrected chi connectivity index (χ2v) is 3.30. The molecule has 0 aliphatic heterocycles. The van der Waals surface area contributed by atoms with E-state index in [2.05, 4.69) is 6.07 Å². The highest BCUT2D eigenvalue weighted by molar-refractivity contribution is 5.41. The van der Waals surface area contributed by atoms with Crippen LogP contribution in [0.5, 0.6) is 5.75 Å². The molecule has 0 bridgehead atoms. The Morgan fingerprint density at radius 2 is 2.00 bits per heavy atom. The standard InChI is InChI=1S/C13H12N2O/c1-2-16-13-7-5-11(6-8-13)15-9-3-4-12(15)10-14/h3-9H,2H2,1H3. The quantitative estimate of drug-likeness (QED) is 0.784. The van der Waals surface area contributed by atoms with E-state index in [4.69, 9.17) is 10.00 Å². The van der Waals surface area contributed by atoms with Crippen molar-refractivity contribution in [3.63, 3.8) is 0 Å². The molecular formula is C13H12N2O. The highest BCUT2D eigenvalue weighted by Crippen LogP contribution is 2.17. The van der Waals surface area contributed by atoms with Gasteiger partial charge in [0.1, 0.15) is 17.5 Å². The molecule has 0 saturated heterocycles. The van der Waals surface area contributed by atoms with Crippen LogP contribution in [0.15, 0.2) is 42.6 Å². The zero-order chi connectivity index (χ0) is 11.4. The molecule has 2 aromatic rings. The minimum absolute atomic E-state index is 0.629. The summed E-state index contributed by atoms with van der Waals surface area (Å²) in [5.74, 6) is 0.844. The third kappa shape index (κ3) is 1.91. The van der Waals surface area contributed by atoms with Gasteiger partial charge in [0, 0.05) is 11.9 Å². The van der Waals surface area contributed by atoms with Gasteiger partial charge in [0.15, 0.2) is 0 Å². The summed E-state index contributed by atoms with van der Waals surface area (Å²) in [5.41, 5.74) is 1.59. The van der Waals surface area contributed by atoms with Crippen molar-refractivity contribution >= 4 is 0 Å². The lowest BCUT2D eigenvalue weighted by atomic mass is 10.3. The van der Waals surface area contributed by atoms with Crippen LogP contribution in [0.2, 0.25) is 0 Å². The molecule has 1 aromatic heterocycles. The van der Waals surface area contributed by atoms with Crippen molar-refractivity contribution in [2.45, 2.75) is 6.92 Å². The fourth-order valence-corrected chi connectivity index (χ4v) is 1.57. The summed E-state index contributed by atoms with van der Waals surface area (Å²) in [6.07, 6.45) is 1.87. The molecule has 1 aromatic carbocycles. The number of nitrogens with zero attached hydrogens (tertiary/aromatic N) is 2. The Morgan fingerprint density at radius 3 is 2.62 bits per heavy atom. The van der Waals surface area contributed by atoms with E-state index >= 15 is 0 Å². The average molecular weight is 212 g/mol. The molecule has 0 fully saturated rings. The molecule has 0 atom stereocenters. The Bertz CT molecular complexity index is 505. The van der Waals surface area contributed by atoms with Gasteiger partial charge in [-0.3, -0.25) is 0 Å². The summed E-state index contributed by atoms with van der Waals surface area (Å²) in [5, 5.41) is 8.91. The number of aromatic nitrogens is 1. The lowest BCUT2D eigenvalue weighted by Crippen LogP contribution is -1.96. The van der Waals surface area contributed by atoms with E-state index in [0.717, 1.165) is 11.4 Å². The normalized spacial score (nSPS) is 9.75. The van der Waals surface area contributed by atoms with Crippen molar-refractivity contribution in [3.8, 4) is 17.5 Å². The maximum Gasteiger partial charge on any atom is 0.124 e. The first-order valence-corrected chi connectivity index (χ1v) is 5.16. The van der Waals surface area contributed by atoms with Crippen molar-refractivity contribution in [1.82, 2.24) is 4.57 Å². The van der Waals surface area contributed by atoms with Crippen LogP contribution in [0.1, 0.15) is 12.6 Å². The fourth-order valence-electron chi connectivity index (χ4n) is 1.57. The van der Waals surface area contributed by atoms with Crippen LogP contribution < -0.4 is 4.74 Å². The topological polar surface area (TPSA) is 38.0 Å². The minimum atomic E-state index is 0.629. The minimum Gasteiger partial charge on any atom is -0.494 e. The predicted molar refractivity (Wildman–Crippen MR) is 61.7 cm³/mol. The molecule has 2 rings (SSSR count). The second-order valence-electron chi connectivity index (χ2n) is 3.30. The number of benzene rings is 1. The van der Waals surface area contributed by atoms with Gasteiger partial charge in [-0.2, -0.15) is 5.26 Å². The van der Waals surface area contributed by atoms with E-state index < -0.39 is 0 Å². The summed E-state index contributed by atoms with van der Waals surface area (Å²) >= 11 is 0. The molecule has 0 aliphatic rings.